The molecular weight excluding hydrogens is 433 g/mol. The number of alkyl halides is 7. The smallest absolute Gasteiger partial charge is 0.461 e. The van der Waals surface area contributed by atoms with Crippen LogP contribution in [0.1, 0.15) is 19.8 Å². The molecule has 2 aromatic rings. The van der Waals surface area contributed by atoms with Gasteiger partial charge in [0.2, 0.25) is 0 Å². The monoisotopic (exact) mass is 450 g/mol. The molecule has 2 rings (SSSR count). The molecule has 0 heterocycles. The van der Waals surface area contributed by atoms with Crippen molar-refractivity contribution < 1.29 is 48.4 Å². The van der Waals surface area contributed by atoms with Crippen LogP contribution in [0.4, 0.5) is 30.7 Å². The fourth-order valence-electron chi connectivity index (χ4n) is 1.98. The number of rotatable bonds is 6. The zero-order chi connectivity index (χ0) is 22.5. The standard InChI is InChI=1S/C14H16O.C3HF7O3S/c1-2-3-11-15-14-10-6-8-12-7-4-5-9-13(12)14;4-1(5,2(6,7)8)3(9,10)14(11,12)13/h4-10H,2-3,11H2,1H3;(H,11,12,13). The van der Waals surface area contributed by atoms with Gasteiger partial charge in [-0.15, -0.1) is 0 Å². The minimum atomic E-state index is -6.85. The maximum atomic E-state index is 11.9. The minimum Gasteiger partial charge on any atom is -0.493 e. The molecule has 0 aliphatic carbocycles. The van der Waals surface area contributed by atoms with Crippen molar-refractivity contribution in [2.75, 3.05) is 6.61 Å². The number of halogens is 7. The van der Waals surface area contributed by atoms with Crippen LogP contribution in [-0.4, -0.2) is 36.9 Å². The highest BCUT2D eigenvalue weighted by Crippen LogP contribution is 2.48. The average molecular weight is 450 g/mol. The van der Waals surface area contributed by atoms with E-state index in [2.05, 4.69) is 37.3 Å². The molecule has 0 atom stereocenters. The molecule has 0 unspecified atom stereocenters. The normalized spacial score (nSPS) is 13.0. The maximum absolute atomic E-state index is 11.9. The fraction of sp³-hybridized carbons (Fsp3) is 0.412. The predicted octanol–water partition coefficient (Wildman–Crippen LogP) is 5.68. The number of unbranched alkanes of at least 4 members (excludes halogenated alkanes) is 1. The van der Waals surface area contributed by atoms with E-state index < -0.39 is 27.5 Å². The molecule has 0 fully saturated rings. The Balaban J connectivity index is 0.000000291. The summed E-state index contributed by atoms with van der Waals surface area (Å²) in [6, 6.07) is 14.5. The van der Waals surface area contributed by atoms with Gasteiger partial charge in [0.1, 0.15) is 5.75 Å². The number of fused-ring (bicyclic) bond motifs is 1. The highest BCUT2D eigenvalue weighted by Gasteiger charge is 2.78. The first-order valence-corrected chi connectivity index (χ1v) is 9.50. The molecule has 0 aliphatic heterocycles. The van der Waals surface area contributed by atoms with Crippen LogP contribution < -0.4 is 4.74 Å². The summed E-state index contributed by atoms with van der Waals surface area (Å²) in [6.45, 7) is 2.98. The zero-order valence-corrected chi connectivity index (χ0v) is 15.7. The predicted molar refractivity (Wildman–Crippen MR) is 91.8 cm³/mol. The molecule has 29 heavy (non-hydrogen) atoms. The lowest BCUT2D eigenvalue weighted by Crippen LogP contribution is -2.55. The van der Waals surface area contributed by atoms with Gasteiger partial charge in [-0.3, -0.25) is 4.55 Å². The lowest BCUT2D eigenvalue weighted by molar-refractivity contribution is -0.333. The van der Waals surface area contributed by atoms with E-state index in [1.54, 1.807) is 0 Å². The van der Waals surface area contributed by atoms with Gasteiger partial charge in [-0.25, -0.2) is 0 Å². The van der Waals surface area contributed by atoms with Crippen molar-refractivity contribution in [3.8, 4) is 5.75 Å². The minimum absolute atomic E-state index is 0.810. The van der Waals surface area contributed by atoms with E-state index in [-0.39, 0.29) is 0 Å². The third-order valence-corrected chi connectivity index (χ3v) is 4.45. The zero-order valence-electron chi connectivity index (χ0n) is 14.9. The van der Waals surface area contributed by atoms with E-state index in [1.165, 1.54) is 17.2 Å². The molecule has 0 saturated carbocycles. The molecule has 4 nitrogen and oxygen atoms in total. The highest BCUT2D eigenvalue weighted by molar-refractivity contribution is 7.87. The molecule has 0 radical (unpaired) electrons. The van der Waals surface area contributed by atoms with Crippen LogP contribution in [0.15, 0.2) is 42.5 Å². The van der Waals surface area contributed by atoms with E-state index in [0.29, 0.717) is 0 Å². The van der Waals surface area contributed by atoms with E-state index in [0.717, 1.165) is 18.8 Å². The summed E-state index contributed by atoms with van der Waals surface area (Å²) in [5.74, 6) is -5.85. The molecule has 1 N–H and O–H groups in total. The van der Waals surface area contributed by atoms with Gasteiger partial charge in [-0.05, 0) is 17.9 Å². The van der Waals surface area contributed by atoms with E-state index >= 15 is 0 Å². The third kappa shape index (κ3) is 5.72. The van der Waals surface area contributed by atoms with Crippen molar-refractivity contribution in [1.29, 1.82) is 0 Å². The van der Waals surface area contributed by atoms with Crippen LogP contribution in [0.3, 0.4) is 0 Å². The lowest BCUT2D eigenvalue weighted by atomic mass is 10.1. The van der Waals surface area contributed by atoms with Crippen molar-refractivity contribution in [2.45, 2.75) is 37.1 Å². The SMILES string of the molecule is CCCCOc1cccc2ccccc12.O=S(=O)(O)C(F)(F)C(F)(F)C(F)(F)F. The van der Waals surface area contributed by atoms with Crippen molar-refractivity contribution in [2.24, 2.45) is 0 Å². The van der Waals surface area contributed by atoms with Crippen molar-refractivity contribution >= 4 is 20.9 Å². The summed E-state index contributed by atoms with van der Waals surface area (Å²) in [6.07, 6.45) is -4.50. The first kappa shape index (κ1) is 25.0. The molecule has 0 aromatic heterocycles. The summed E-state index contributed by atoms with van der Waals surface area (Å²) in [7, 11) is -6.85. The van der Waals surface area contributed by atoms with Crippen LogP contribution in [0.25, 0.3) is 10.8 Å². The quantitative estimate of drug-likeness (QED) is 0.349. The summed E-state index contributed by atoms with van der Waals surface area (Å²) < 4.78 is 114. The van der Waals surface area contributed by atoms with Crippen LogP contribution in [0, 0.1) is 0 Å². The van der Waals surface area contributed by atoms with E-state index in [4.69, 9.17) is 9.29 Å². The molecule has 0 saturated heterocycles. The van der Waals surface area contributed by atoms with Gasteiger partial charge in [-0.1, -0.05) is 49.7 Å². The Bertz CT molecular complexity index is 906. The van der Waals surface area contributed by atoms with Gasteiger partial charge in [-0.2, -0.15) is 39.2 Å². The van der Waals surface area contributed by atoms with Crippen molar-refractivity contribution in [3.63, 3.8) is 0 Å². The van der Waals surface area contributed by atoms with Crippen LogP contribution in [-0.2, 0) is 10.1 Å². The van der Waals surface area contributed by atoms with Crippen molar-refractivity contribution in [3.05, 3.63) is 42.5 Å². The second-order valence-electron chi connectivity index (χ2n) is 5.74. The number of hydrogen-bond acceptors (Lipinski definition) is 3. The second kappa shape index (κ2) is 9.16. The number of ether oxygens (including phenoxy) is 1. The summed E-state index contributed by atoms with van der Waals surface area (Å²) >= 11 is 0. The fourth-order valence-corrected chi connectivity index (χ4v) is 2.41. The lowest BCUT2D eigenvalue weighted by Gasteiger charge is -2.25. The molecule has 2 aromatic carbocycles. The number of hydrogen-bond donors (Lipinski definition) is 1. The molecule has 0 amide bonds. The maximum Gasteiger partial charge on any atom is 0.461 e. The van der Waals surface area contributed by atoms with E-state index in [1.807, 2.05) is 12.1 Å². The molecule has 0 aliphatic rings. The van der Waals surface area contributed by atoms with Gasteiger partial charge in [0, 0.05) is 5.39 Å². The van der Waals surface area contributed by atoms with Gasteiger partial charge in [0.05, 0.1) is 6.61 Å². The van der Waals surface area contributed by atoms with Crippen LogP contribution in [0.2, 0.25) is 0 Å². The Morgan fingerprint density at radius 1 is 0.931 bits per heavy atom. The van der Waals surface area contributed by atoms with Crippen molar-refractivity contribution in [1.82, 2.24) is 0 Å². The topological polar surface area (TPSA) is 63.6 Å². The molecule has 164 valence electrons. The van der Waals surface area contributed by atoms with Gasteiger partial charge in [0.25, 0.3) is 0 Å². The van der Waals surface area contributed by atoms with Crippen LogP contribution >= 0.6 is 0 Å². The Labute approximate surface area is 162 Å². The third-order valence-electron chi connectivity index (χ3n) is 3.55. The molecular formula is C17H17F7O4S. The number of benzene rings is 2. The highest BCUT2D eigenvalue weighted by atomic mass is 32.2. The molecule has 0 spiro atoms. The van der Waals surface area contributed by atoms with Gasteiger partial charge < -0.3 is 4.74 Å². The van der Waals surface area contributed by atoms with E-state index in [9.17, 15) is 39.2 Å². The summed E-state index contributed by atoms with van der Waals surface area (Å²) in [5.41, 5.74) is 0. The Hall–Kier alpha value is -2.08. The van der Waals surface area contributed by atoms with Crippen LogP contribution in [0.5, 0.6) is 5.75 Å². The Kier molecular flexibility index (Phi) is 7.88. The van der Waals surface area contributed by atoms with Gasteiger partial charge in [0.15, 0.2) is 0 Å². The van der Waals surface area contributed by atoms with Gasteiger partial charge >= 0.3 is 27.5 Å². The Morgan fingerprint density at radius 2 is 1.48 bits per heavy atom. The largest absolute Gasteiger partial charge is 0.493 e. The summed E-state index contributed by atoms with van der Waals surface area (Å²) in [5, 5.41) is -4.17. The first-order chi connectivity index (χ1) is 13.2. The average Bonchev–Trinajstić information content (AvgIpc) is 2.60. The second-order valence-corrected chi connectivity index (χ2v) is 7.21. The Morgan fingerprint density at radius 3 is 1.97 bits per heavy atom. The first-order valence-electron chi connectivity index (χ1n) is 8.06. The molecule has 0 bridgehead atoms. The summed E-state index contributed by atoms with van der Waals surface area (Å²) in [4.78, 5) is 0. The molecule has 12 heteroatoms.